The van der Waals surface area contributed by atoms with E-state index < -0.39 is 10.0 Å². The number of nitrogens with zero attached hydrogens (tertiary/aromatic N) is 1. The third kappa shape index (κ3) is 4.61. The number of rotatable bonds is 6. The molecule has 6 nitrogen and oxygen atoms in total. The highest BCUT2D eigenvalue weighted by Crippen LogP contribution is 2.29. The zero-order chi connectivity index (χ0) is 12.3. The molecular weight excluding hydrogens is 242 g/mol. The van der Waals surface area contributed by atoms with Crippen molar-refractivity contribution in [3.8, 4) is 0 Å². The maximum absolute atomic E-state index is 11.6. The van der Waals surface area contributed by atoms with Gasteiger partial charge in [0.25, 0.3) is 0 Å². The Morgan fingerprint density at radius 2 is 2.18 bits per heavy atom. The van der Waals surface area contributed by atoms with Crippen LogP contribution in [0, 0.1) is 5.92 Å². The Kier molecular flexibility index (Phi) is 4.01. The van der Waals surface area contributed by atoms with E-state index in [1.807, 2.05) is 4.90 Å². The van der Waals surface area contributed by atoms with Crippen molar-refractivity contribution in [1.82, 2.24) is 14.9 Å². The minimum absolute atomic E-state index is 0.0112. The number of amides is 1. The molecule has 98 valence electrons. The molecule has 2 rings (SSSR count). The van der Waals surface area contributed by atoms with E-state index in [1.54, 1.807) is 0 Å². The van der Waals surface area contributed by atoms with Crippen molar-refractivity contribution in [2.24, 2.45) is 5.92 Å². The highest BCUT2D eigenvalue weighted by Gasteiger charge is 2.27. The molecule has 2 fully saturated rings. The number of hydrogen-bond acceptors (Lipinski definition) is 4. The molecule has 17 heavy (non-hydrogen) atoms. The zero-order valence-electron chi connectivity index (χ0n) is 9.81. The van der Waals surface area contributed by atoms with Gasteiger partial charge >= 0.3 is 0 Å². The molecule has 7 heteroatoms. The van der Waals surface area contributed by atoms with E-state index in [9.17, 15) is 13.2 Å². The lowest BCUT2D eigenvalue weighted by molar-refractivity contribution is -0.124. The molecule has 0 bridgehead atoms. The minimum atomic E-state index is -3.11. The summed E-state index contributed by atoms with van der Waals surface area (Å²) in [5.74, 6) is 0.637. The van der Waals surface area contributed by atoms with E-state index >= 15 is 0 Å². The molecule has 0 radical (unpaired) electrons. The third-order valence-corrected chi connectivity index (χ3v) is 4.57. The maximum Gasteiger partial charge on any atom is 0.234 e. The van der Waals surface area contributed by atoms with E-state index in [-0.39, 0.29) is 11.7 Å². The van der Waals surface area contributed by atoms with Crippen molar-refractivity contribution in [3.05, 3.63) is 0 Å². The molecule has 0 unspecified atom stereocenters. The molecule has 2 N–H and O–H groups in total. The van der Waals surface area contributed by atoms with Crippen molar-refractivity contribution in [1.29, 1.82) is 0 Å². The lowest BCUT2D eigenvalue weighted by Gasteiger charge is -2.26. The fourth-order valence-electron chi connectivity index (χ4n) is 1.90. The Hall–Kier alpha value is -0.660. The number of nitrogens with one attached hydrogen (secondary N) is 2. The predicted molar refractivity (Wildman–Crippen MR) is 64.0 cm³/mol. The molecule has 0 aromatic rings. The van der Waals surface area contributed by atoms with Crippen LogP contribution in [0.4, 0.5) is 0 Å². The van der Waals surface area contributed by atoms with Crippen molar-refractivity contribution in [3.63, 3.8) is 0 Å². The van der Waals surface area contributed by atoms with Gasteiger partial charge in [-0.1, -0.05) is 0 Å². The molecule has 2 aliphatic rings. The standard InChI is InChI=1S/C10H19N3O3S/c14-10-7-13(5-3-11-10)6-4-12-17(15,16)8-9-1-2-9/h9,12H,1-8H2,(H,11,14). The van der Waals surface area contributed by atoms with Gasteiger partial charge in [0.2, 0.25) is 15.9 Å². The summed E-state index contributed by atoms with van der Waals surface area (Å²) in [4.78, 5) is 13.1. The van der Waals surface area contributed by atoms with E-state index in [2.05, 4.69) is 10.0 Å². The molecule has 1 saturated heterocycles. The van der Waals surface area contributed by atoms with Crippen LogP contribution < -0.4 is 10.0 Å². The van der Waals surface area contributed by atoms with Crippen LogP contribution in [-0.2, 0) is 14.8 Å². The lowest BCUT2D eigenvalue weighted by Crippen LogP contribution is -2.49. The fourth-order valence-corrected chi connectivity index (χ4v) is 3.37. The van der Waals surface area contributed by atoms with Gasteiger partial charge in [0.15, 0.2) is 0 Å². The number of piperazine rings is 1. The molecule has 1 heterocycles. The maximum atomic E-state index is 11.6. The van der Waals surface area contributed by atoms with Crippen LogP contribution in [0.1, 0.15) is 12.8 Å². The molecule has 0 atom stereocenters. The predicted octanol–water partition coefficient (Wildman–Crippen LogP) is -1.25. The summed E-state index contributed by atoms with van der Waals surface area (Å²) < 4.78 is 25.7. The first-order chi connectivity index (χ1) is 8.05. The Bertz CT molecular complexity index is 378. The summed E-state index contributed by atoms with van der Waals surface area (Å²) in [5, 5.41) is 2.73. The quantitative estimate of drug-likeness (QED) is 0.626. The number of carbonyl (C=O) groups is 1. The summed E-state index contributed by atoms with van der Waals surface area (Å²) in [5.41, 5.74) is 0. The first-order valence-corrected chi connectivity index (χ1v) is 7.67. The van der Waals surface area contributed by atoms with E-state index in [0.29, 0.717) is 32.1 Å². The first-order valence-electron chi connectivity index (χ1n) is 6.01. The molecule has 0 aromatic carbocycles. The third-order valence-electron chi connectivity index (χ3n) is 3.02. The van der Waals surface area contributed by atoms with Crippen LogP contribution >= 0.6 is 0 Å². The highest BCUT2D eigenvalue weighted by atomic mass is 32.2. The number of hydrogen-bond donors (Lipinski definition) is 2. The van der Waals surface area contributed by atoms with Gasteiger partial charge in [-0.05, 0) is 18.8 Å². The van der Waals surface area contributed by atoms with Gasteiger partial charge in [0.1, 0.15) is 0 Å². The van der Waals surface area contributed by atoms with Crippen molar-refractivity contribution in [2.75, 3.05) is 38.5 Å². The van der Waals surface area contributed by atoms with Crippen molar-refractivity contribution < 1.29 is 13.2 Å². The van der Waals surface area contributed by atoms with Gasteiger partial charge in [0.05, 0.1) is 12.3 Å². The zero-order valence-corrected chi connectivity index (χ0v) is 10.6. The monoisotopic (exact) mass is 261 g/mol. The van der Waals surface area contributed by atoms with Crippen LogP contribution in [-0.4, -0.2) is 57.7 Å². The van der Waals surface area contributed by atoms with Gasteiger partial charge in [-0.2, -0.15) is 0 Å². The second-order valence-electron chi connectivity index (χ2n) is 4.75. The Balaban J connectivity index is 1.66. The second-order valence-corrected chi connectivity index (χ2v) is 6.60. The van der Waals surface area contributed by atoms with Gasteiger partial charge in [-0.25, -0.2) is 13.1 Å². The Labute approximate surface area is 102 Å². The summed E-state index contributed by atoms with van der Waals surface area (Å²) in [6, 6.07) is 0. The average Bonchev–Trinajstić information content (AvgIpc) is 3.00. The van der Waals surface area contributed by atoms with Gasteiger partial charge in [0, 0.05) is 26.2 Å². The van der Waals surface area contributed by atoms with Crippen LogP contribution in [0.2, 0.25) is 0 Å². The number of carbonyl (C=O) groups excluding carboxylic acids is 1. The number of sulfonamides is 1. The summed E-state index contributed by atoms with van der Waals surface area (Å²) in [7, 11) is -3.11. The van der Waals surface area contributed by atoms with Crippen LogP contribution in [0.15, 0.2) is 0 Å². The fraction of sp³-hybridized carbons (Fsp3) is 0.900. The van der Waals surface area contributed by atoms with Crippen molar-refractivity contribution in [2.45, 2.75) is 12.8 Å². The summed E-state index contributed by atoms with van der Waals surface area (Å²) in [6.07, 6.45) is 2.07. The largest absolute Gasteiger partial charge is 0.354 e. The van der Waals surface area contributed by atoms with E-state index in [1.165, 1.54) is 0 Å². The topological polar surface area (TPSA) is 78.5 Å². The van der Waals surface area contributed by atoms with Crippen LogP contribution in [0.3, 0.4) is 0 Å². The van der Waals surface area contributed by atoms with Crippen LogP contribution in [0.5, 0.6) is 0 Å². The molecular formula is C10H19N3O3S. The smallest absolute Gasteiger partial charge is 0.234 e. The van der Waals surface area contributed by atoms with E-state index in [4.69, 9.17) is 0 Å². The summed E-state index contributed by atoms with van der Waals surface area (Å²) in [6.45, 7) is 2.79. The Morgan fingerprint density at radius 3 is 2.82 bits per heavy atom. The van der Waals surface area contributed by atoms with Gasteiger partial charge < -0.3 is 5.32 Å². The molecule has 1 saturated carbocycles. The SMILES string of the molecule is O=C1CN(CCNS(=O)(=O)CC2CC2)CCN1. The van der Waals surface area contributed by atoms with E-state index in [0.717, 1.165) is 19.4 Å². The molecule has 0 spiro atoms. The van der Waals surface area contributed by atoms with Gasteiger partial charge in [-0.15, -0.1) is 0 Å². The molecule has 1 aliphatic carbocycles. The molecule has 0 aromatic heterocycles. The minimum Gasteiger partial charge on any atom is -0.354 e. The van der Waals surface area contributed by atoms with Crippen LogP contribution in [0.25, 0.3) is 0 Å². The van der Waals surface area contributed by atoms with Crippen molar-refractivity contribution >= 4 is 15.9 Å². The second kappa shape index (κ2) is 5.32. The normalized spacial score (nSPS) is 22.5. The highest BCUT2D eigenvalue weighted by molar-refractivity contribution is 7.89. The van der Waals surface area contributed by atoms with Gasteiger partial charge in [-0.3, -0.25) is 9.69 Å². The summed E-state index contributed by atoms with van der Waals surface area (Å²) >= 11 is 0. The molecule has 1 aliphatic heterocycles. The first kappa shape index (κ1) is 12.8. The average molecular weight is 261 g/mol. The molecule has 1 amide bonds. The lowest BCUT2D eigenvalue weighted by atomic mass is 10.3. The Morgan fingerprint density at radius 1 is 1.41 bits per heavy atom.